The third-order valence-electron chi connectivity index (χ3n) is 5.02. The van der Waals surface area contributed by atoms with Gasteiger partial charge in [-0.2, -0.15) is 0 Å². The van der Waals surface area contributed by atoms with Crippen LogP contribution in [0.2, 0.25) is 0 Å². The third kappa shape index (κ3) is 4.35. The average Bonchev–Trinajstić information content (AvgIpc) is 3.09. The van der Waals surface area contributed by atoms with Crippen LogP contribution in [-0.2, 0) is 5.75 Å². The average molecular weight is 381 g/mol. The highest BCUT2D eigenvalue weighted by Gasteiger charge is 2.19. The van der Waals surface area contributed by atoms with Gasteiger partial charge in [0.15, 0.2) is 5.58 Å². The van der Waals surface area contributed by atoms with Crippen LogP contribution in [0.3, 0.4) is 0 Å². The number of aromatic nitrogens is 1. The van der Waals surface area contributed by atoms with Gasteiger partial charge in [-0.25, -0.2) is 4.98 Å². The van der Waals surface area contributed by atoms with E-state index >= 15 is 0 Å². The molecule has 27 heavy (non-hydrogen) atoms. The fraction of sp³-hybridized carbons (Fsp3) is 0.364. The van der Waals surface area contributed by atoms with E-state index in [1.807, 2.05) is 53.4 Å². The highest BCUT2D eigenvalue weighted by atomic mass is 32.2. The summed E-state index contributed by atoms with van der Waals surface area (Å²) in [4.78, 5) is 19.7. The summed E-state index contributed by atoms with van der Waals surface area (Å²) < 4.78 is 5.79. The van der Waals surface area contributed by atoms with Gasteiger partial charge in [-0.05, 0) is 36.6 Å². The van der Waals surface area contributed by atoms with Crippen LogP contribution in [0.25, 0.3) is 11.1 Å². The van der Waals surface area contributed by atoms with Crippen LogP contribution in [0, 0.1) is 0 Å². The molecule has 140 valence electrons. The van der Waals surface area contributed by atoms with E-state index in [9.17, 15) is 4.79 Å². The Hall–Kier alpha value is -2.27. The van der Waals surface area contributed by atoms with E-state index in [0.717, 1.165) is 48.2 Å². The maximum Gasteiger partial charge on any atom is 0.257 e. The van der Waals surface area contributed by atoms with E-state index in [1.165, 1.54) is 31.0 Å². The van der Waals surface area contributed by atoms with Crippen molar-refractivity contribution >= 4 is 28.8 Å². The van der Waals surface area contributed by atoms with Gasteiger partial charge in [0.2, 0.25) is 0 Å². The summed E-state index contributed by atoms with van der Waals surface area (Å²) in [6, 6.07) is 15.7. The molecule has 1 aromatic heterocycles. The smallest absolute Gasteiger partial charge is 0.257 e. The molecule has 1 saturated heterocycles. The van der Waals surface area contributed by atoms with Crippen molar-refractivity contribution in [1.29, 1.82) is 0 Å². The lowest BCUT2D eigenvalue weighted by molar-refractivity contribution is 0.0741. The number of carbonyl (C=O) groups is 1. The normalized spacial score (nSPS) is 15.5. The molecule has 0 N–H and O–H groups in total. The van der Waals surface area contributed by atoms with E-state index < -0.39 is 0 Å². The number of carbonyl (C=O) groups excluding carboxylic acids is 1. The Kier molecular flexibility index (Phi) is 5.78. The van der Waals surface area contributed by atoms with Crippen LogP contribution in [-0.4, -0.2) is 28.9 Å². The van der Waals surface area contributed by atoms with Gasteiger partial charge in [0.25, 0.3) is 11.1 Å². The zero-order valence-electron chi connectivity index (χ0n) is 15.4. The molecule has 0 saturated carbocycles. The van der Waals surface area contributed by atoms with E-state index in [1.54, 1.807) is 0 Å². The summed E-state index contributed by atoms with van der Waals surface area (Å²) in [6.07, 6.45) is 5.94. The van der Waals surface area contributed by atoms with Crippen molar-refractivity contribution in [3.8, 4) is 0 Å². The van der Waals surface area contributed by atoms with Gasteiger partial charge in [0.1, 0.15) is 5.52 Å². The van der Waals surface area contributed by atoms with Crippen LogP contribution in [0.15, 0.2) is 58.2 Å². The summed E-state index contributed by atoms with van der Waals surface area (Å²) in [6.45, 7) is 1.73. The molecule has 0 aliphatic carbocycles. The first-order chi connectivity index (χ1) is 13.3. The van der Waals surface area contributed by atoms with Crippen molar-refractivity contribution < 1.29 is 9.21 Å². The molecule has 5 heteroatoms. The molecule has 1 aliphatic heterocycles. The number of thioether (sulfide) groups is 1. The second kappa shape index (κ2) is 8.61. The Balaban J connectivity index is 1.49. The molecule has 1 fully saturated rings. The topological polar surface area (TPSA) is 46.3 Å². The Morgan fingerprint density at radius 3 is 2.48 bits per heavy atom. The summed E-state index contributed by atoms with van der Waals surface area (Å²) in [5.74, 6) is 0.827. The lowest BCUT2D eigenvalue weighted by atomic mass is 10.0. The van der Waals surface area contributed by atoms with Gasteiger partial charge < -0.3 is 9.32 Å². The summed E-state index contributed by atoms with van der Waals surface area (Å²) in [5, 5.41) is 0.643. The standard InChI is InChI=1S/C22H24N2O2S/c25-21(24-14-8-2-1-3-9-15-24)18-11-5-4-10-17(18)16-27-22-23-19-12-6-7-13-20(19)26-22/h4-7,10-13H,1-3,8-9,14-16H2. The maximum atomic E-state index is 13.1. The first kappa shape index (κ1) is 18.1. The minimum atomic E-state index is 0.158. The molecule has 1 aliphatic rings. The van der Waals surface area contributed by atoms with Crippen LogP contribution < -0.4 is 0 Å². The van der Waals surface area contributed by atoms with Crippen LogP contribution in [0.1, 0.15) is 48.0 Å². The number of hydrogen-bond donors (Lipinski definition) is 0. The lowest BCUT2D eigenvalue weighted by Crippen LogP contribution is -2.34. The van der Waals surface area contributed by atoms with Gasteiger partial charge in [0.05, 0.1) is 0 Å². The van der Waals surface area contributed by atoms with Gasteiger partial charge >= 0.3 is 0 Å². The Labute approximate surface area is 164 Å². The van der Waals surface area contributed by atoms with Gasteiger partial charge in [-0.15, -0.1) is 0 Å². The molecule has 0 spiro atoms. The minimum absolute atomic E-state index is 0.158. The van der Waals surface area contributed by atoms with E-state index in [4.69, 9.17) is 4.42 Å². The van der Waals surface area contributed by atoms with Crippen LogP contribution in [0.4, 0.5) is 0 Å². The predicted molar refractivity (Wildman–Crippen MR) is 109 cm³/mol. The highest BCUT2D eigenvalue weighted by molar-refractivity contribution is 7.98. The fourth-order valence-electron chi connectivity index (χ4n) is 3.53. The zero-order chi connectivity index (χ0) is 18.5. The molecule has 3 aromatic rings. The molecule has 2 heterocycles. The molecule has 0 unspecified atom stereocenters. The van der Waals surface area contributed by atoms with Gasteiger partial charge in [-0.1, -0.05) is 61.4 Å². The largest absolute Gasteiger partial charge is 0.431 e. The summed E-state index contributed by atoms with van der Waals surface area (Å²) in [7, 11) is 0. The quantitative estimate of drug-likeness (QED) is 0.559. The summed E-state index contributed by atoms with van der Waals surface area (Å²) >= 11 is 1.54. The van der Waals surface area contributed by atoms with E-state index in [2.05, 4.69) is 4.98 Å². The number of benzene rings is 2. The van der Waals surface area contributed by atoms with Crippen molar-refractivity contribution in [2.45, 2.75) is 43.1 Å². The molecular formula is C22H24N2O2S. The number of amides is 1. The lowest BCUT2D eigenvalue weighted by Gasteiger charge is -2.25. The molecule has 4 nitrogen and oxygen atoms in total. The number of rotatable bonds is 4. The van der Waals surface area contributed by atoms with Crippen molar-refractivity contribution in [2.75, 3.05) is 13.1 Å². The Bertz CT molecular complexity index is 880. The number of fused-ring (bicyclic) bond motifs is 1. The van der Waals surface area contributed by atoms with Gasteiger partial charge in [-0.3, -0.25) is 4.79 Å². The van der Waals surface area contributed by atoms with Crippen molar-refractivity contribution in [1.82, 2.24) is 9.88 Å². The first-order valence-electron chi connectivity index (χ1n) is 9.67. The Morgan fingerprint density at radius 1 is 0.963 bits per heavy atom. The van der Waals surface area contributed by atoms with Crippen molar-refractivity contribution in [2.24, 2.45) is 0 Å². The van der Waals surface area contributed by atoms with Crippen molar-refractivity contribution in [3.63, 3.8) is 0 Å². The number of nitrogens with zero attached hydrogens (tertiary/aromatic N) is 2. The Morgan fingerprint density at radius 2 is 1.67 bits per heavy atom. The summed E-state index contributed by atoms with van der Waals surface area (Å²) in [5.41, 5.74) is 3.51. The maximum absolute atomic E-state index is 13.1. The van der Waals surface area contributed by atoms with Crippen LogP contribution >= 0.6 is 11.8 Å². The third-order valence-corrected chi connectivity index (χ3v) is 5.89. The zero-order valence-corrected chi connectivity index (χ0v) is 16.2. The minimum Gasteiger partial charge on any atom is -0.431 e. The van der Waals surface area contributed by atoms with Crippen LogP contribution in [0.5, 0.6) is 0 Å². The van der Waals surface area contributed by atoms with Gasteiger partial charge in [0, 0.05) is 24.4 Å². The second-order valence-corrected chi connectivity index (χ2v) is 7.88. The number of likely N-dealkylation sites (tertiary alicyclic amines) is 1. The highest BCUT2D eigenvalue weighted by Crippen LogP contribution is 2.28. The molecule has 1 amide bonds. The van der Waals surface area contributed by atoms with E-state index in [0.29, 0.717) is 11.0 Å². The van der Waals surface area contributed by atoms with E-state index in [-0.39, 0.29) is 5.91 Å². The molecule has 0 radical (unpaired) electrons. The molecule has 4 rings (SSSR count). The number of hydrogen-bond acceptors (Lipinski definition) is 4. The second-order valence-electron chi connectivity index (χ2n) is 6.95. The molecule has 2 aromatic carbocycles. The number of oxazole rings is 1. The monoisotopic (exact) mass is 380 g/mol. The number of para-hydroxylation sites is 2. The predicted octanol–water partition coefficient (Wildman–Crippen LogP) is 5.53. The fourth-order valence-corrected chi connectivity index (χ4v) is 4.37. The van der Waals surface area contributed by atoms with Crippen molar-refractivity contribution in [3.05, 3.63) is 59.7 Å². The molecule has 0 atom stereocenters. The SMILES string of the molecule is O=C(c1ccccc1CSc1nc2ccccc2o1)N1CCCCCCC1. The first-order valence-corrected chi connectivity index (χ1v) is 10.7. The molecular weight excluding hydrogens is 356 g/mol. The molecule has 0 bridgehead atoms.